The molecule has 7 heteroatoms. The molecule has 1 atom stereocenters. The second kappa shape index (κ2) is 12.4. The number of benzene rings is 3. The number of halogens is 2. The topological polar surface area (TPSA) is 58.6 Å². The normalized spacial score (nSPS) is 12.1. The van der Waals surface area contributed by atoms with Crippen molar-refractivity contribution in [3.05, 3.63) is 99.0 Å². The van der Waals surface area contributed by atoms with E-state index in [4.69, 9.17) is 16.3 Å². The molecule has 0 unspecified atom stereocenters. The Morgan fingerprint density at radius 3 is 2.33 bits per heavy atom. The van der Waals surface area contributed by atoms with E-state index in [1.165, 1.54) is 0 Å². The predicted molar refractivity (Wildman–Crippen MR) is 148 cm³/mol. The summed E-state index contributed by atoms with van der Waals surface area (Å²) < 4.78 is 6.82. The molecule has 0 radical (unpaired) electrons. The number of nitrogens with zero attached hydrogens (tertiary/aromatic N) is 1. The molecule has 0 heterocycles. The minimum Gasteiger partial charge on any atom is -0.484 e. The number of carbonyl (C=O) groups is 2. The average molecular weight is 572 g/mol. The number of rotatable bonds is 9. The lowest BCUT2D eigenvalue weighted by Gasteiger charge is -2.33. The van der Waals surface area contributed by atoms with Crippen molar-refractivity contribution in [1.29, 1.82) is 0 Å². The molecule has 0 saturated heterocycles. The number of hydrogen-bond donors (Lipinski definition) is 1. The zero-order chi connectivity index (χ0) is 26.3. The van der Waals surface area contributed by atoms with Gasteiger partial charge in [0.15, 0.2) is 6.61 Å². The van der Waals surface area contributed by atoms with Crippen LogP contribution in [0.3, 0.4) is 0 Å². The summed E-state index contributed by atoms with van der Waals surface area (Å²) in [5.41, 5.74) is 2.33. The highest BCUT2D eigenvalue weighted by atomic mass is 79.9. The van der Waals surface area contributed by atoms with Gasteiger partial charge in [-0.1, -0.05) is 70.0 Å². The molecule has 36 heavy (non-hydrogen) atoms. The molecule has 0 saturated carbocycles. The maximum Gasteiger partial charge on any atom is 0.261 e. The maximum atomic E-state index is 13.6. The number of amides is 2. The number of nitrogens with one attached hydrogen (secondary N) is 1. The van der Waals surface area contributed by atoms with E-state index in [-0.39, 0.29) is 25.0 Å². The van der Waals surface area contributed by atoms with Gasteiger partial charge in [0.2, 0.25) is 5.91 Å². The van der Waals surface area contributed by atoms with Crippen LogP contribution >= 0.6 is 27.5 Å². The van der Waals surface area contributed by atoms with E-state index in [0.717, 1.165) is 21.2 Å². The van der Waals surface area contributed by atoms with E-state index < -0.39 is 11.6 Å². The van der Waals surface area contributed by atoms with Gasteiger partial charge in [-0.15, -0.1) is 0 Å². The van der Waals surface area contributed by atoms with Crippen molar-refractivity contribution in [2.24, 2.45) is 0 Å². The SMILES string of the molecule is Cc1cc(OCC(=O)N(Cc2cccc(Cl)c2)[C@@H](Cc2ccccc2)C(=O)NC(C)(C)C)ccc1Br. The zero-order valence-corrected chi connectivity index (χ0v) is 23.4. The molecule has 0 fully saturated rings. The van der Waals surface area contributed by atoms with Gasteiger partial charge >= 0.3 is 0 Å². The predicted octanol–water partition coefficient (Wildman–Crippen LogP) is 6.34. The van der Waals surface area contributed by atoms with Crippen LogP contribution < -0.4 is 10.1 Å². The van der Waals surface area contributed by atoms with Gasteiger partial charge in [0.1, 0.15) is 11.8 Å². The minimum atomic E-state index is -0.742. The fraction of sp³-hybridized carbons (Fsp3) is 0.310. The minimum absolute atomic E-state index is 0.199. The number of ether oxygens (including phenoxy) is 1. The van der Waals surface area contributed by atoms with Crippen LogP contribution in [0.2, 0.25) is 5.02 Å². The van der Waals surface area contributed by atoms with Crippen LogP contribution in [0, 0.1) is 6.92 Å². The Balaban J connectivity index is 1.93. The molecule has 0 spiro atoms. The standard InChI is InChI=1S/C29H32BrClN2O3/c1-20-15-24(13-14-25(20)30)36-19-27(34)33(18-22-11-8-12-23(31)16-22)26(28(35)32-29(2,3)4)17-21-9-6-5-7-10-21/h5-16,26H,17-19H2,1-4H3,(H,32,35)/t26-/m0/s1. The third kappa shape index (κ3) is 8.38. The van der Waals surface area contributed by atoms with Crippen LogP contribution in [0.15, 0.2) is 77.3 Å². The van der Waals surface area contributed by atoms with Gasteiger partial charge < -0.3 is 15.0 Å². The Hall–Kier alpha value is -2.83. The van der Waals surface area contributed by atoms with Crippen molar-refractivity contribution >= 4 is 39.3 Å². The van der Waals surface area contributed by atoms with Crippen molar-refractivity contribution < 1.29 is 14.3 Å². The quantitative estimate of drug-likeness (QED) is 0.326. The smallest absolute Gasteiger partial charge is 0.261 e. The van der Waals surface area contributed by atoms with Crippen LogP contribution in [-0.4, -0.2) is 34.9 Å². The van der Waals surface area contributed by atoms with Gasteiger partial charge in [0.05, 0.1) is 0 Å². The lowest BCUT2D eigenvalue weighted by Crippen LogP contribution is -2.55. The molecule has 0 aliphatic carbocycles. The van der Waals surface area contributed by atoms with Gasteiger partial charge in [-0.25, -0.2) is 0 Å². The van der Waals surface area contributed by atoms with E-state index in [9.17, 15) is 9.59 Å². The molecule has 0 bridgehead atoms. The first kappa shape index (κ1) is 27.8. The van der Waals surface area contributed by atoms with E-state index in [1.54, 1.807) is 17.0 Å². The fourth-order valence-corrected chi connectivity index (χ4v) is 4.23. The second-order valence-electron chi connectivity index (χ2n) is 9.80. The average Bonchev–Trinajstić information content (AvgIpc) is 2.81. The van der Waals surface area contributed by atoms with E-state index >= 15 is 0 Å². The molecule has 1 N–H and O–H groups in total. The molecule has 2 amide bonds. The Kier molecular flexibility index (Phi) is 9.57. The maximum absolute atomic E-state index is 13.6. The number of carbonyl (C=O) groups excluding carboxylic acids is 2. The Bertz CT molecular complexity index is 1190. The van der Waals surface area contributed by atoms with E-state index in [0.29, 0.717) is 17.2 Å². The van der Waals surface area contributed by atoms with Gasteiger partial charge in [-0.05, 0) is 74.7 Å². The fourth-order valence-electron chi connectivity index (χ4n) is 3.77. The highest BCUT2D eigenvalue weighted by Crippen LogP contribution is 2.22. The van der Waals surface area contributed by atoms with Crippen molar-refractivity contribution in [2.75, 3.05) is 6.61 Å². The number of aryl methyl sites for hydroxylation is 1. The summed E-state index contributed by atoms with van der Waals surface area (Å²) in [5.74, 6) is 0.0762. The van der Waals surface area contributed by atoms with Gasteiger partial charge in [-0.2, -0.15) is 0 Å². The number of hydrogen-bond acceptors (Lipinski definition) is 3. The first-order chi connectivity index (χ1) is 17.0. The summed E-state index contributed by atoms with van der Waals surface area (Å²) in [5, 5.41) is 3.62. The van der Waals surface area contributed by atoms with Gasteiger partial charge in [-0.3, -0.25) is 9.59 Å². The van der Waals surface area contributed by atoms with Gasteiger partial charge in [0.25, 0.3) is 5.91 Å². The Labute approximate surface area is 226 Å². The molecular weight excluding hydrogens is 540 g/mol. The van der Waals surface area contributed by atoms with Crippen molar-refractivity contribution in [3.63, 3.8) is 0 Å². The molecule has 0 aromatic heterocycles. The monoisotopic (exact) mass is 570 g/mol. The molecule has 3 aromatic rings. The molecular formula is C29H32BrClN2O3. The third-order valence-corrected chi connectivity index (χ3v) is 6.63. The molecule has 3 rings (SSSR count). The van der Waals surface area contributed by atoms with Crippen LogP contribution in [0.4, 0.5) is 0 Å². The third-order valence-electron chi connectivity index (χ3n) is 5.50. The summed E-state index contributed by atoms with van der Waals surface area (Å²) in [6.45, 7) is 7.75. The van der Waals surface area contributed by atoms with E-state index in [1.807, 2.05) is 88.4 Å². The molecule has 190 valence electrons. The van der Waals surface area contributed by atoms with Crippen LogP contribution in [0.25, 0.3) is 0 Å². The zero-order valence-electron chi connectivity index (χ0n) is 21.1. The summed E-state index contributed by atoms with van der Waals surface area (Å²) in [7, 11) is 0. The molecule has 0 aliphatic heterocycles. The lowest BCUT2D eigenvalue weighted by atomic mass is 10.0. The van der Waals surface area contributed by atoms with Crippen molar-refractivity contribution in [3.8, 4) is 5.75 Å². The first-order valence-corrected chi connectivity index (χ1v) is 13.0. The summed E-state index contributed by atoms with van der Waals surface area (Å²) in [6, 6.07) is 21.8. The van der Waals surface area contributed by atoms with Crippen LogP contribution in [0.5, 0.6) is 5.75 Å². The molecule has 3 aromatic carbocycles. The largest absolute Gasteiger partial charge is 0.484 e. The Morgan fingerprint density at radius 2 is 1.69 bits per heavy atom. The molecule has 5 nitrogen and oxygen atoms in total. The highest BCUT2D eigenvalue weighted by Gasteiger charge is 2.32. The lowest BCUT2D eigenvalue weighted by molar-refractivity contribution is -0.143. The van der Waals surface area contributed by atoms with Gasteiger partial charge in [0, 0.05) is 28.0 Å². The van der Waals surface area contributed by atoms with Crippen LogP contribution in [0.1, 0.15) is 37.5 Å². The first-order valence-electron chi connectivity index (χ1n) is 11.8. The summed E-state index contributed by atoms with van der Waals surface area (Å²) in [4.78, 5) is 28.8. The van der Waals surface area contributed by atoms with Crippen LogP contribution in [-0.2, 0) is 22.6 Å². The second-order valence-corrected chi connectivity index (χ2v) is 11.1. The van der Waals surface area contributed by atoms with E-state index in [2.05, 4.69) is 21.2 Å². The Morgan fingerprint density at radius 1 is 1.00 bits per heavy atom. The highest BCUT2D eigenvalue weighted by molar-refractivity contribution is 9.10. The summed E-state index contributed by atoms with van der Waals surface area (Å²) >= 11 is 9.70. The molecule has 0 aliphatic rings. The van der Waals surface area contributed by atoms with Crippen molar-refractivity contribution in [1.82, 2.24) is 10.2 Å². The summed E-state index contributed by atoms with van der Waals surface area (Å²) in [6.07, 6.45) is 0.368. The van der Waals surface area contributed by atoms with Crippen molar-refractivity contribution in [2.45, 2.75) is 52.2 Å².